The van der Waals surface area contributed by atoms with Gasteiger partial charge in [0, 0.05) is 30.1 Å². The average Bonchev–Trinajstić information content (AvgIpc) is 2.87. The number of rotatable bonds is 6. The summed E-state index contributed by atoms with van der Waals surface area (Å²) in [4.78, 5) is 34.3. The van der Waals surface area contributed by atoms with Crippen LogP contribution in [0.4, 0.5) is 17.2 Å². The highest BCUT2D eigenvalue weighted by Gasteiger charge is 2.17. The molecule has 8 nitrogen and oxygen atoms in total. The predicted octanol–water partition coefficient (Wildman–Crippen LogP) is 5.56. The van der Waals surface area contributed by atoms with Crippen LogP contribution in [0, 0.1) is 6.92 Å². The maximum Gasteiger partial charge on any atom is 0.290 e. The van der Waals surface area contributed by atoms with Crippen molar-refractivity contribution in [2.24, 2.45) is 7.05 Å². The van der Waals surface area contributed by atoms with Crippen LogP contribution < -0.4 is 16.2 Å². The van der Waals surface area contributed by atoms with E-state index < -0.39 is 0 Å². The first kappa shape index (κ1) is 26.1. The van der Waals surface area contributed by atoms with Crippen molar-refractivity contribution in [2.75, 3.05) is 16.9 Å². The van der Waals surface area contributed by atoms with Gasteiger partial charge in [-0.25, -0.2) is 14.6 Å². The Morgan fingerprint density at radius 3 is 2.43 bits per heavy atom. The maximum absolute atomic E-state index is 13.0. The summed E-state index contributed by atoms with van der Waals surface area (Å²) in [6, 6.07) is 16.7. The lowest BCUT2D eigenvalue weighted by Gasteiger charge is -2.19. The molecule has 0 spiro atoms. The molecule has 0 fully saturated rings. The molecule has 0 bridgehead atoms. The molecule has 0 radical (unpaired) electrons. The number of benzene rings is 2. The second kappa shape index (κ2) is 10.6. The number of hydrogen-bond donors (Lipinski definition) is 2. The second-order valence-electron chi connectivity index (χ2n) is 9.69. The summed E-state index contributed by atoms with van der Waals surface area (Å²) in [5, 5.41) is 11.2. The molecule has 190 valence electrons. The van der Waals surface area contributed by atoms with Gasteiger partial charge >= 0.3 is 0 Å². The topological polar surface area (TPSA) is 102 Å². The summed E-state index contributed by atoms with van der Waals surface area (Å²) in [7, 11) is 1.60. The summed E-state index contributed by atoms with van der Waals surface area (Å²) in [5.41, 5.74) is 4.72. The molecule has 0 saturated heterocycles. The number of carbonyl (C=O) groups is 1. The van der Waals surface area contributed by atoms with E-state index in [2.05, 4.69) is 46.5 Å². The zero-order valence-corrected chi connectivity index (χ0v) is 22.6. The fourth-order valence-corrected chi connectivity index (χ4v) is 4.20. The molecule has 0 aliphatic rings. The van der Waals surface area contributed by atoms with Gasteiger partial charge in [0.1, 0.15) is 11.5 Å². The van der Waals surface area contributed by atoms with Crippen molar-refractivity contribution in [1.82, 2.24) is 19.7 Å². The first-order valence-corrected chi connectivity index (χ1v) is 13.0. The molecule has 2 heterocycles. The summed E-state index contributed by atoms with van der Waals surface area (Å²) < 4.78 is 1.29. The van der Waals surface area contributed by atoms with E-state index >= 15 is 0 Å². The van der Waals surface area contributed by atoms with Gasteiger partial charge in [0.05, 0.1) is 5.69 Å². The molecule has 0 unspecified atom stereocenters. The Morgan fingerprint density at radius 1 is 1.03 bits per heavy atom. The minimum atomic E-state index is -0.283. The van der Waals surface area contributed by atoms with Crippen LogP contribution in [0.5, 0.6) is 0 Å². The van der Waals surface area contributed by atoms with Crippen LogP contribution in [-0.2, 0) is 12.5 Å². The van der Waals surface area contributed by atoms with Crippen LogP contribution in [0.1, 0.15) is 42.3 Å². The lowest BCUT2D eigenvalue weighted by Crippen LogP contribution is -2.23. The molecule has 2 aromatic carbocycles. The molecule has 4 rings (SSSR count). The second-order valence-corrected chi connectivity index (χ2v) is 10.5. The van der Waals surface area contributed by atoms with Gasteiger partial charge in [-0.05, 0) is 60.1 Å². The van der Waals surface area contributed by atoms with Crippen LogP contribution in [0.25, 0.3) is 11.3 Å². The highest BCUT2D eigenvalue weighted by atomic mass is 32.2. The molecule has 9 heteroatoms. The van der Waals surface area contributed by atoms with E-state index in [1.54, 1.807) is 25.4 Å². The third kappa shape index (κ3) is 5.89. The summed E-state index contributed by atoms with van der Waals surface area (Å²) in [5.74, 6) is 0.327. The maximum atomic E-state index is 13.0. The van der Waals surface area contributed by atoms with Crippen molar-refractivity contribution in [2.45, 2.75) is 38.3 Å². The van der Waals surface area contributed by atoms with E-state index in [-0.39, 0.29) is 16.9 Å². The van der Waals surface area contributed by atoms with Crippen molar-refractivity contribution in [3.8, 4) is 11.3 Å². The fraction of sp³-hybridized carbons (Fsp3) is 0.250. The summed E-state index contributed by atoms with van der Waals surface area (Å²) in [6.07, 6.45) is 3.53. The summed E-state index contributed by atoms with van der Waals surface area (Å²) >= 11 is 1.42. The number of nitrogens with zero attached hydrogens (tertiary/aromatic N) is 4. The molecule has 37 heavy (non-hydrogen) atoms. The Morgan fingerprint density at radius 2 is 1.76 bits per heavy atom. The predicted molar refractivity (Wildman–Crippen MR) is 150 cm³/mol. The van der Waals surface area contributed by atoms with Gasteiger partial charge in [-0.1, -0.05) is 56.8 Å². The largest absolute Gasteiger partial charge is 0.335 e. The molecular weight excluding hydrogens is 484 g/mol. The molecule has 0 aliphatic carbocycles. The minimum absolute atomic E-state index is 0.0150. The van der Waals surface area contributed by atoms with E-state index in [4.69, 9.17) is 0 Å². The zero-order chi connectivity index (χ0) is 26.7. The molecule has 0 aliphatic heterocycles. The van der Waals surface area contributed by atoms with Gasteiger partial charge in [-0.2, -0.15) is 5.10 Å². The van der Waals surface area contributed by atoms with Crippen molar-refractivity contribution in [1.29, 1.82) is 0 Å². The van der Waals surface area contributed by atoms with E-state index in [1.807, 2.05) is 55.6 Å². The quantitative estimate of drug-likeness (QED) is 0.256. The normalized spacial score (nSPS) is 11.3. The highest BCUT2D eigenvalue weighted by Crippen LogP contribution is 2.29. The van der Waals surface area contributed by atoms with Crippen molar-refractivity contribution in [3.05, 3.63) is 87.8 Å². The SMILES string of the molecule is CSc1nccc(Nc2cc(-c3cccc(NC(=O)c4ccc(C(C)(C)C)cc4)c3C)nn(C)c2=O)n1. The van der Waals surface area contributed by atoms with E-state index in [1.165, 1.54) is 22.0 Å². The average molecular weight is 515 g/mol. The van der Waals surface area contributed by atoms with Gasteiger partial charge < -0.3 is 10.6 Å². The van der Waals surface area contributed by atoms with Crippen LogP contribution in [0.15, 0.2) is 70.7 Å². The lowest BCUT2D eigenvalue weighted by atomic mass is 9.86. The zero-order valence-electron chi connectivity index (χ0n) is 21.8. The van der Waals surface area contributed by atoms with Gasteiger partial charge in [-0.15, -0.1) is 0 Å². The van der Waals surface area contributed by atoms with Crippen molar-refractivity contribution < 1.29 is 4.79 Å². The van der Waals surface area contributed by atoms with E-state index in [9.17, 15) is 9.59 Å². The molecule has 0 saturated carbocycles. The van der Waals surface area contributed by atoms with E-state index in [0.717, 1.165) is 11.1 Å². The Bertz CT molecular complexity index is 1510. The lowest BCUT2D eigenvalue weighted by molar-refractivity contribution is 0.102. The number of carbonyl (C=O) groups excluding carboxylic acids is 1. The van der Waals surface area contributed by atoms with E-state index in [0.29, 0.717) is 33.6 Å². The minimum Gasteiger partial charge on any atom is -0.335 e. The molecule has 2 aromatic heterocycles. The van der Waals surface area contributed by atoms with Gasteiger partial charge in [0.15, 0.2) is 5.16 Å². The number of nitrogens with one attached hydrogen (secondary N) is 2. The highest BCUT2D eigenvalue weighted by molar-refractivity contribution is 7.98. The number of aromatic nitrogens is 4. The van der Waals surface area contributed by atoms with Gasteiger partial charge in [-0.3, -0.25) is 9.59 Å². The third-order valence-corrected chi connectivity index (χ3v) is 6.57. The molecule has 0 atom stereocenters. The fourth-order valence-electron chi connectivity index (χ4n) is 3.84. The number of aryl methyl sites for hydroxylation is 1. The van der Waals surface area contributed by atoms with Crippen molar-refractivity contribution >= 4 is 34.9 Å². The molecule has 2 N–H and O–H groups in total. The molecule has 4 aromatic rings. The molecular formula is C28H30N6O2S. The Hall–Kier alpha value is -3.98. The van der Waals surface area contributed by atoms with Crippen LogP contribution in [-0.4, -0.2) is 31.9 Å². The monoisotopic (exact) mass is 514 g/mol. The van der Waals surface area contributed by atoms with Crippen LogP contribution >= 0.6 is 11.8 Å². The summed E-state index contributed by atoms with van der Waals surface area (Å²) in [6.45, 7) is 8.34. The van der Waals surface area contributed by atoms with Gasteiger partial charge in [0.2, 0.25) is 0 Å². The standard InChI is InChI=1S/C28H30N6O2S/c1-17-20(8-7-9-21(17)31-25(35)18-10-12-19(13-11-18)28(2,3)4)22-16-23(26(36)34(5)33-22)30-24-14-15-29-27(32-24)37-6/h7-16H,1-6H3,(H,31,35)(H,29,30,32). The Labute approximate surface area is 220 Å². The third-order valence-electron chi connectivity index (χ3n) is 6.01. The molecule has 1 amide bonds. The first-order chi connectivity index (χ1) is 17.6. The smallest absolute Gasteiger partial charge is 0.290 e. The number of hydrogen-bond acceptors (Lipinski definition) is 7. The van der Waals surface area contributed by atoms with Crippen LogP contribution in [0.3, 0.4) is 0 Å². The number of anilines is 3. The number of amides is 1. The first-order valence-electron chi connectivity index (χ1n) is 11.8. The van der Waals surface area contributed by atoms with Crippen LogP contribution in [0.2, 0.25) is 0 Å². The number of thioether (sulfide) groups is 1. The van der Waals surface area contributed by atoms with Crippen molar-refractivity contribution in [3.63, 3.8) is 0 Å². The Kier molecular flexibility index (Phi) is 7.45. The Balaban J connectivity index is 1.63. The van der Waals surface area contributed by atoms with Gasteiger partial charge in [0.25, 0.3) is 11.5 Å².